The van der Waals surface area contributed by atoms with Gasteiger partial charge in [-0.2, -0.15) is 0 Å². The van der Waals surface area contributed by atoms with Gasteiger partial charge in [0.1, 0.15) is 11.2 Å². The lowest BCUT2D eigenvalue weighted by atomic mass is 9.86. The van der Waals surface area contributed by atoms with Crippen LogP contribution >= 0.6 is 15.9 Å². The molecule has 168 valence electrons. The molecule has 0 bridgehead atoms. The highest BCUT2D eigenvalue weighted by Gasteiger charge is 2.48. The largest absolute Gasteiger partial charge is 0.463 e. The molecule has 0 unspecified atom stereocenters. The van der Waals surface area contributed by atoms with Crippen LogP contribution in [0.4, 0.5) is 0 Å². The van der Waals surface area contributed by atoms with Gasteiger partial charge < -0.3 is 19.2 Å². The van der Waals surface area contributed by atoms with E-state index in [1.807, 2.05) is 41.8 Å². The molecule has 0 spiro atoms. The summed E-state index contributed by atoms with van der Waals surface area (Å²) in [5.41, 5.74) is 2.02. The number of benzene rings is 1. The number of carbonyl (C=O) groups excluding carboxylic acids is 2. The van der Waals surface area contributed by atoms with E-state index < -0.39 is 5.54 Å². The number of rotatable bonds is 4. The maximum atomic E-state index is 13.8. The minimum absolute atomic E-state index is 0.0894. The van der Waals surface area contributed by atoms with Crippen molar-refractivity contribution < 1.29 is 14.0 Å². The molecule has 6 nitrogen and oxygen atoms in total. The maximum absolute atomic E-state index is 13.8. The zero-order valence-electron chi connectivity index (χ0n) is 18.4. The first-order valence-corrected chi connectivity index (χ1v) is 12.1. The molecule has 7 heteroatoms. The van der Waals surface area contributed by atoms with Crippen LogP contribution in [0.2, 0.25) is 0 Å². The fourth-order valence-electron chi connectivity index (χ4n) is 5.06. The van der Waals surface area contributed by atoms with E-state index >= 15 is 0 Å². The van der Waals surface area contributed by atoms with E-state index in [1.165, 1.54) is 0 Å². The van der Waals surface area contributed by atoms with E-state index in [-0.39, 0.29) is 17.9 Å². The van der Waals surface area contributed by atoms with E-state index in [1.54, 1.807) is 17.2 Å². The molecule has 1 aliphatic heterocycles. The normalized spacial score (nSPS) is 25.7. The Bertz CT molecular complexity index is 1170. The Labute approximate surface area is 196 Å². The second kappa shape index (κ2) is 8.10. The van der Waals surface area contributed by atoms with Crippen molar-refractivity contribution in [1.29, 1.82) is 0 Å². The van der Waals surface area contributed by atoms with Crippen LogP contribution in [0, 0.1) is 5.92 Å². The summed E-state index contributed by atoms with van der Waals surface area (Å²) in [6, 6.07) is 11.6. The number of fused-ring (bicyclic) bond motifs is 3. The summed E-state index contributed by atoms with van der Waals surface area (Å²) in [7, 11) is 0. The Balaban J connectivity index is 1.52. The van der Waals surface area contributed by atoms with Crippen molar-refractivity contribution in [2.75, 3.05) is 0 Å². The van der Waals surface area contributed by atoms with E-state index in [0.717, 1.165) is 41.2 Å². The molecular formula is C25H28BrN3O3. The number of nitrogens with one attached hydrogen (secondary N) is 1. The van der Waals surface area contributed by atoms with Gasteiger partial charge in [-0.25, -0.2) is 0 Å². The molecule has 32 heavy (non-hydrogen) atoms. The summed E-state index contributed by atoms with van der Waals surface area (Å²) in [6.45, 7) is 4.88. The zero-order valence-corrected chi connectivity index (χ0v) is 20.0. The van der Waals surface area contributed by atoms with Gasteiger partial charge in [-0.05, 0) is 50.2 Å². The minimum Gasteiger partial charge on any atom is -0.463 e. The molecule has 2 aliphatic rings. The second-order valence-corrected chi connectivity index (χ2v) is 10.3. The lowest BCUT2D eigenvalue weighted by molar-refractivity contribution is -0.134. The number of aromatic nitrogens is 1. The van der Waals surface area contributed by atoms with Crippen molar-refractivity contribution in [2.24, 2.45) is 5.92 Å². The van der Waals surface area contributed by atoms with Crippen molar-refractivity contribution in [3.8, 4) is 0 Å². The Kier molecular flexibility index (Phi) is 5.40. The molecule has 2 aromatic heterocycles. The molecule has 0 radical (unpaired) electrons. The van der Waals surface area contributed by atoms with Crippen LogP contribution < -0.4 is 5.32 Å². The van der Waals surface area contributed by atoms with Crippen LogP contribution in [0.1, 0.15) is 55.6 Å². The number of nitrogens with zero attached hydrogens (tertiary/aromatic N) is 2. The molecule has 1 aliphatic carbocycles. The van der Waals surface area contributed by atoms with Crippen LogP contribution in [0.25, 0.3) is 11.1 Å². The SMILES string of the molecule is CC1CCC(NC(=O)[C@@]2(C)Cn3c(cc4occc43)C(=O)N2Cc2ccccc2Br)CC1. The van der Waals surface area contributed by atoms with Gasteiger partial charge in [-0.3, -0.25) is 9.59 Å². The smallest absolute Gasteiger partial charge is 0.271 e. The number of amides is 2. The highest BCUT2D eigenvalue weighted by Crippen LogP contribution is 2.35. The number of hydrogen-bond acceptors (Lipinski definition) is 3. The Morgan fingerprint density at radius 3 is 2.72 bits per heavy atom. The molecule has 2 amide bonds. The fourth-order valence-corrected chi connectivity index (χ4v) is 5.47. The van der Waals surface area contributed by atoms with Crippen LogP contribution in [-0.4, -0.2) is 32.9 Å². The third-order valence-corrected chi connectivity index (χ3v) is 7.95. The maximum Gasteiger partial charge on any atom is 0.271 e. The van der Waals surface area contributed by atoms with Crippen molar-refractivity contribution in [1.82, 2.24) is 14.8 Å². The Hall–Kier alpha value is -2.54. The van der Waals surface area contributed by atoms with Gasteiger partial charge in [0, 0.05) is 29.2 Å². The van der Waals surface area contributed by atoms with Gasteiger partial charge >= 0.3 is 0 Å². The zero-order chi connectivity index (χ0) is 22.5. The van der Waals surface area contributed by atoms with E-state index in [9.17, 15) is 9.59 Å². The molecule has 5 rings (SSSR count). The first-order chi connectivity index (χ1) is 15.4. The third-order valence-electron chi connectivity index (χ3n) is 7.18. The van der Waals surface area contributed by atoms with Crippen molar-refractivity contribution in [3.05, 3.63) is 58.4 Å². The minimum atomic E-state index is -1.02. The van der Waals surface area contributed by atoms with Gasteiger partial charge in [-0.15, -0.1) is 0 Å². The average Bonchev–Trinajstić information content (AvgIpc) is 3.36. The lowest BCUT2D eigenvalue weighted by Gasteiger charge is -2.45. The first-order valence-electron chi connectivity index (χ1n) is 11.3. The highest BCUT2D eigenvalue weighted by atomic mass is 79.9. The van der Waals surface area contributed by atoms with E-state index in [4.69, 9.17) is 4.42 Å². The monoisotopic (exact) mass is 497 g/mol. The summed E-state index contributed by atoms with van der Waals surface area (Å²) in [5.74, 6) is 0.459. The van der Waals surface area contributed by atoms with Crippen molar-refractivity contribution >= 4 is 38.8 Å². The molecule has 0 saturated heterocycles. The van der Waals surface area contributed by atoms with Gasteiger partial charge in [-0.1, -0.05) is 41.1 Å². The third kappa shape index (κ3) is 3.56. The standard InChI is InChI=1S/C25H28BrN3O3/c1-16-7-9-18(10-8-16)27-24(31)25(2)15-28-20-11-12-32-22(20)13-21(28)23(30)29(25)14-17-5-3-4-6-19(17)26/h3-6,11-13,16,18H,7-10,14-15H2,1-2H3,(H,27,31)/t16?,18?,25-/m1/s1. The van der Waals surface area contributed by atoms with Crippen molar-refractivity contribution in [2.45, 2.75) is 64.2 Å². The van der Waals surface area contributed by atoms with Crippen molar-refractivity contribution in [3.63, 3.8) is 0 Å². The molecular weight excluding hydrogens is 470 g/mol. The molecule has 3 heterocycles. The van der Waals surface area contributed by atoms with Crippen LogP contribution in [0.15, 0.2) is 51.6 Å². The Morgan fingerprint density at radius 1 is 1.22 bits per heavy atom. The summed E-state index contributed by atoms with van der Waals surface area (Å²) < 4.78 is 8.41. The predicted molar refractivity (Wildman–Crippen MR) is 126 cm³/mol. The number of halogens is 1. The van der Waals surface area contributed by atoms with Crippen LogP contribution in [-0.2, 0) is 17.9 Å². The van der Waals surface area contributed by atoms with Gasteiger partial charge in [0.15, 0.2) is 5.58 Å². The van der Waals surface area contributed by atoms with E-state index in [2.05, 4.69) is 28.2 Å². The lowest BCUT2D eigenvalue weighted by Crippen LogP contribution is -2.64. The number of furan rings is 1. The molecule has 1 aromatic carbocycles. The number of carbonyl (C=O) groups is 2. The number of hydrogen-bond donors (Lipinski definition) is 1. The first kappa shape index (κ1) is 21.3. The van der Waals surface area contributed by atoms with E-state index in [0.29, 0.717) is 30.3 Å². The highest BCUT2D eigenvalue weighted by molar-refractivity contribution is 9.10. The summed E-state index contributed by atoms with van der Waals surface area (Å²) in [5, 5.41) is 3.28. The summed E-state index contributed by atoms with van der Waals surface area (Å²) in [6.07, 6.45) is 5.84. The summed E-state index contributed by atoms with van der Waals surface area (Å²) >= 11 is 3.60. The second-order valence-electron chi connectivity index (χ2n) is 9.47. The molecule has 1 saturated carbocycles. The topological polar surface area (TPSA) is 67.5 Å². The molecule has 3 aromatic rings. The van der Waals surface area contributed by atoms with Gasteiger partial charge in [0.2, 0.25) is 5.91 Å². The van der Waals surface area contributed by atoms with Gasteiger partial charge in [0.05, 0.1) is 18.3 Å². The average molecular weight is 498 g/mol. The van der Waals surface area contributed by atoms with Crippen LogP contribution in [0.5, 0.6) is 0 Å². The molecule has 1 atom stereocenters. The predicted octanol–water partition coefficient (Wildman–Crippen LogP) is 5.11. The summed E-state index contributed by atoms with van der Waals surface area (Å²) in [4.78, 5) is 29.2. The van der Waals surface area contributed by atoms with Gasteiger partial charge in [0.25, 0.3) is 5.91 Å². The van der Waals surface area contributed by atoms with Crippen LogP contribution in [0.3, 0.4) is 0 Å². The Morgan fingerprint density at radius 2 is 1.97 bits per heavy atom. The molecule has 1 N–H and O–H groups in total. The molecule has 1 fully saturated rings. The fraction of sp³-hybridized carbons (Fsp3) is 0.440. The quantitative estimate of drug-likeness (QED) is 0.544.